The number of halogens is 3. The van der Waals surface area contributed by atoms with Gasteiger partial charge in [-0.2, -0.15) is 18.3 Å². The predicted molar refractivity (Wildman–Crippen MR) is 103 cm³/mol. The molecular formula is C20H22F3N5O3. The maximum absolute atomic E-state index is 13.0. The monoisotopic (exact) mass is 437 g/mol. The fourth-order valence-corrected chi connectivity index (χ4v) is 3.91. The highest BCUT2D eigenvalue weighted by Gasteiger charge is 2.41. The van der Waals surface area contributed by atoms with Crippen LogP contribution in [0.1, 0.15) is 37.7 Å². The molecule has 11 heteroatoms. The van der Waals surface area contributed by atoms with Crippen molar-refractivity contribution < 1.29 is 27.5 Å². The summed E-state index contributed by atoms with van der Waals surface area (Å²) in [6.07, 6.45) is -2.60. The zero-order chi connectivity index (χ0) is 22.6. The highest BCUT2D eigenvalue weighted by atomic mass is 19.4. The molecule has 0 aliphatic carbocycles. The van der Waals surface area contributed by atoms with Crippen LogP contribution in [0.3, 0.4) is 0 Å². The summed E-state index contributed by atoms with van der Waals surface area (Å²) in [6.45, 7) is 6.42. The van der Waals surface area contributed by atoms with Gasteiger partial charge in [-0.05, 0) is 38.5 Å². The van der Waals surface area contributed by atoms with Crippen LogP contribution in [0.4, 0.5) is 23.7 Å². The van der Waals surface area contributed by atoms with Crippen molar-refractivity contribution >= 4 is 17.7 Å². The molecule has 2 amide bonds. The summed E-state index contributed by atoms with van der Waals surface area (Å²) < 4.78 is 45.9. The van der Waals surface area contributed by atoms with Gasteiger partial charge in [0, 0.05) is 12.2 Å². The van der Waals surface area contributed by atoms with Crippen molar-refractivity contribution in [3.05, 3.63) is 41.5 Å². The van der Waals surface area contributed by atoms with Crippen molar-refractivity contribution in [3.63, 3.8) is 0 Å². The first kappa shape index (κ1) is 21.1. The number of rotatable bonds is 3. The lowest BCUT2D eigenvalue weighted by Gasteiger charge is -2.35. The first-order valence-corrected chi connectivity index (χ1v) is 9.81. The molecule has 0 aromatic carbocycles. The van der Waals surface area contributed by atoms with Crippen molar-refractivity contribution in [3.8, 4) is 0 Å². The molecule has 4 rings (SSSR count). The van der Waals surface area contributed by atoms with E-state index >= 15 is 0 Å². The Hall–Kier alpha value is -3.11. The molecule has 0 radical (unpaired) electrons. The largest absolute Gasteiger partial charge is 0.441 e. The van der Waals surface area contributed by atoms with Crippen LogP contribution in [0.25, 0.3) is 0 Å². The summed E-state index contributed by atoms with van der Waals surface area (Å²) in [4.78, 5) is 31.7. The average Bonchev–Trinajstić information content (AvgIpc) is 3.18. The number of fused-ring (bicyclic) bond motifs is 1. The van der Waals surface area contributed by atoms with Gasteiger partial charge in [-0.25, -0.2) is 4.79 Å². The maximum Gasteiger partial charge on any atom is 0.433 e. The normalized spacial score (nSPS) is 20.6. The Morgan fingerprint density at radius 3 is 2.74 bits per heavy atom. The minimum atomic E-state index is -4.57. The summed E-state index contributed by atoms with van der Waals surface area (Å²) >= 11 is 0. The molecule has 1 atom stereocenters. The minimum Gasteiger partial charge on any atom is -0.441 e. The van der Waals surface area contributed by atoms with Gasteiger partial charge in [0.2, 0.25) is 5.91 Å². The van der Waals surface area contributed by atoms with Crippen LogP contribution in [0.15, 0.2) is 24.5 Å². The van der Waals surface area contributed by atoms with Crippen LogP contribution in [-0.2, 0) is 35.2 Å². The molecule has 0 spiro atoms. The molecule has 1 fully saturated rings. The third kappa shape index (κ3) is 4.08. The van der Waals surface area contributed by atoms with E-state index in [1.54, 1.807) is 15.8 Å². The van der Waals surface area contributed by atoms with E-state index in [0.717, 1.165) is 12.3 Å². The molecule has 1 saturated heterocycles. The van der Waals surface area contributed by atoms with E-state index in [4.69, 9.17) is 4.74 Å². The Kier molecular flexibility index (Phi) is 4.94. The molecule has 2 aliphatic rings. The quantitative estimate of drug-likeness (QED) is 0.738. The van der Waals surface area contributed by atoms with E-state index in [0.29, 0.717) is 24.5 Å². The second kappa shape index (κ2) is 7.24. The molecule has 2 aromatic heterocycles. The van der Waals surface area contributed by atoms with Gasteiger partial charge in [-0.1, -0.05) is 0 Å². The second-order valence-corrected chi connectivity index (χ2v) is 8.47. The maximum atomic E-state index is 13.0. The van der Waals surface area contributed by atoms with Gasteiger partial charge in [0.15, 0.2) is 0 Å². The van der Waals surface area contributed by atoms with Crippen LogP contribution < -0.4 is 4.90 Å². The SMILES string of the molecule is C[C@H]1Cn2ncc(N3CC(C)(C)OC3=O)c2CN1C(=O)Cc1ccnc(C(F)(F)F)c1. The zero-order valence-corrected chi connectivity index (χ0v) is 17.3. The molecule has 0 bridgehead atoms. The first-order valence-electron chi connectivity index (χ1n) is 9.81. The van der Waals surface area contributed by atoms with Crippen LogP contribution >= 0.6 is 0 Å². The van der Waals surface area contributed by atoms with Gasteiger partial charge in [-0.15, -0.1) is 0 Å². The number of hydrogen-bond donors (Lipinski definition) is 0. The van der Waals surface area contributed by atoms with Gasteiger partial charge in [0.1, 0.15) is 11.3 Å². The summed E-state index contributed by atoms with van der Waals surface area (Å²) in [5, 5.41) is 4.35. The van der Waals surface area contributed by atoms with Crippen molar-refractivity contribution in [2.24, 2.45) is 0 Å². The number of cyclic esters (lactones) is 1. The molecule has 8 nitrogen and oxygen atoms in total. The third-order valence-corrected chi connectivity index (χ3v) is 5.42. The van der Waals surface area contributed by atoms with E-state index in [1.165, 1.54) is 11.0 Å². The number of alkyl halides is 3. The minimum absolute atomic E-state index is 0.182. The number of carbonyl (C=O) groups is 2. The number of ether oxygens (including phenoxy) is 1. The van der Waals surface area contributed by atoms with Crippen molar-refractivity contribution in [2.75, 3.05) is 11.4 Å². The summed E-state index contributed by atoms with van der Waals surface area (Å²) in [7, 11) is 0. The van der Waals surface area contributed by atoms with Crippen LogP contribution in [0.5, 0.6) is 0 Å². The van der Waals surface area contributed by atoms with Crippen molar-refractivity contribution in [1.29, 1.82) is 0 Å². The van der Waals surface area contributed by atoms with Crippen molar-refractivity contribution in [2.45, 2.75) is 58.1 Å². The highest BCUT2D eigenvalue weighted by Crippen LogP contribution is 2.33. The summed E-state index contributed by atoms with van der Waals surface area (Å²) in [6, 6.07) is 2.09. The molecule has 31 heavy (non-hydrogen) atoms. The molecule has 4 heterocycles. The Labute approximate surface area is 176 Å². The predicted octanol–water partition coefficient (Wildman–Crippen LogP) is 3.01. The number of hydrogen-bond acceptors (Lipinski definition) is 5. The third-order valence-electron chi connectivity index (χ3n) is 5.42. The van der Waals surface area contributed by atoms with E-state index in [9.17, 15) is 22.8 Å². The van der Waals surface area contributed by atoms with E-state index in [1.807, 2.05) is 20.8 Å². The highest BCUT2D eigenvalue weighted by molar-refractivity contribution is 5.91. The van der Waals surface area contributed by atoms with Gasteiger partial charge in [0.25, 0.3) is 0 Å². The Morgan fingerprint density at radius 1 is 1.35 bits per heavy atom. The van der Waals surface area contributed by atoms with Crippen LogP contribution in [0, 0.1) is 0 Å². The number of aromatic nitrogens is 3. The zero-order valence-electron chi connectivity index (χ0n) is 17.3. The lowest BCUT2D eigenvalue weighted by atomic mass is 10.1. The topological polar surface area (TPSA) is 80.6 Å². The molecule has 0 unspecified atom stereocenters. The summed E-state index contributed by atoms with van der Waals surface area (Å²) in [5.41, 5.74) is -0.167. The lowest BCUT2D eigenvalue weighted by molar-refractivity contribution is -0.141. The van der Waals surface area contributed by atoms with Gasteiger partial charge in [-0.3, -0.25) is 19.4 Å². The average molecular weight is 437 g/mol. The molecular weight excluding hydrogens is 415 g/mol. The second-order valence-electron chi connectivity index (χ2n) is 8.47. The van der Waals surface area contributed by atoms with Gasteiger partial charge < -0.3 is 9.64 Å². The molecule has 2 aromatic rings. The standard InChI is InChI=1S/C20H22F3N5O3/c1-12-9-28-15(14(8-25-28)27-11-19(2,3)31-18(27)30)10-26(12)17(29)7-13-4-5-24-16(6-13)20(21,22)23/h4-6,8,12H,7,9-11H2,1-3H3/t12-/m0/s1. The van der Waals surface area contributed by atoms with Gasteiger partial charge >= 0.3 is 12.3 Å². The fraction of sp³-hybridized carbons (Fsp3) is 0.500. The summed E-state index contributed by atoms with van der Waals surface area (Å²) in [5.74, 6) is -0.311. The van der Waals surface area contributed by atoms with Gasteiger partial charge in [0.05, 0.1) is 43.6 Å². The lowest BCUT2D eigenvalue weighted by Crippen LogP contribution is -2.46. The Bertz CT molecular complexity index is 1030. The Balaban J connectivity index is 1.55. The van der Waals surface area contributed by atoms with E-state index in [2.05, 4.69) is 10.1 Å². The number of nitrogens with zero attached hydrogens (tertiary/aromatic N) is 5. The van der Waals surface area contributed by atoms with Crippen molar-refractivity contribution in [1.82, 2.24) is 19.7 Å². The van der Waals surface area contributed by atoms with E-state index in [-0.39, 0.29) is 30.5 Å². The number of carbonyl (C=O) groups excluding carboxylic acids is 2. The molecule has 2 aliphatic heterocycles. The van der Waals surface area contributed by atoms with Crippen LogP contribution in [-0.4, -0.2) is 49.9 Å². The first-order chi connectivity index (χ1) is 14.4. The van der Waals surface area contributed by atoms with E-state index < -0.39 is 23.6 Å². The number of pyridine rings is 1. The Morgan fingerprint density at radius 2 is 2.10 bits per heavy atom. The van der Waals surface area contributed by atoms with Crippen LogP contribution in [0.2, 0.25) is 0 Å². The molecule has 0 saturated carbocycles. The number of anilines is 1. The number of amides is 2. The smallest absolute Gasteiger partial charge is 0.433 e. The molecule has 0 N–H and O–H groups in total. The molecule has 166 valence electrons. The fourth-order valence-electron chi connectivity index (χ4n) is 3.91.